The summed E-state index contributed by atoms with van der Waals surface area (Å²) in [5, 5.41) is 5.04. The summed E-state index contributed by atoms with van der Waals surface area (Å²) in [7, 11) is 0. The Balaban J connectivity index is 2.07. The first kappa shape index (κ1) is 16.6. The molecule has 0 aliphatic heterocycles. The number of benzene rings is 2. The maximum atomic E-state index is 12.9. The Morgan fingerprint density at radius 2 is 1.38 bits per heavy atom. The van der Waals surface area contributed by atoms with Crippen molar-refractivity contribution in [2.45, 2.75) is 12.4 Å². The van der Waals surface area contributed by atoms with Gasteiger partial charge < -0.3 is 5.32 Å². The molecule has 3 rings (SSSR count). The third-order valence-corrected chi connectivity index (χ3v) is 4.31. The molecule has 0 radical (unpaired) electrons. The van der Waals surface area contributed by atoms with E-state index in [9.17, 15) is 26.3 Å². The second-order valence-electron chi connectivity index (χ2n) is 5.07. The van der Waals surface area contributed by atoms with Crippen LogP contribution in [0.15, 0.2) is 47.8 Å². The second kappa shape index (κ2) is 5.70. The standard InChI is InChI=1S/C16H9F6NS/c17-15(18,19)9-5-10(16(20,21)22)7-11(6-9)23-13-8-24-14-4-2-1-3-12(13)14/h1-8,23H. The Labute approximate surface area is 136 Å². The Morgan fingerprint density at radius 3 is 1.96 bits per heavy atom. The predicted molar refractivity (Wildman–Crippen MR) is 81.6 cm³/mol. The lowest BCUT2D eigenvalue weighted by atomic mass is 10.1. The van der Waals surface area contributed by atoms with Crippen molar-refractivity contribution in [3.8, 4) is 0 Å². The molecule has 0 atom stereocenters. The van der Waals surface area contributed by atoms with Crippen LogP contribution in [0.1, 0.15) is 11.1 Å². The monoisotopic (exact) mass is 361 g/mol. The fourth-order valence-electron chi connectivity index (χ4n) is 2.26. The number of nitrogens with one attached hydrogen (secondary N) is 1. The normalized spacial score (nSPS) is 12.6. The minimum atomic E-state index is -4.87. The first-order valence-electron chi connectivity index (χ1n) is 6.67. The van der Waals surface area contributed by atoms with Gasteiger partial charge in [-0.15, -0.1) is 11.3 Å². The van der Waals surface area contributed by atoms with Gasteiger partial charge in [-0.3, -0.25) is 0 Å². The first-order chi connectivity index (χ1) is 11.1. The summed E-state index contributed by atoms with van der Waals surface area (Å²) in [6, 6.07) is 8.55. The van der Waals surface area contributed by atoms with Gasteiger partial charge in [0.25, 0.3) is 0 Å². The van der Waals surface area contributed by atoms with Crippen molar-refractivity contribution in [1.29, 1.82) is 0 Å². The van der Waals surface area contributed by atoms with Crippen LogP contribution in [-0.2, 0) is 12.4 Å². The molecule has 0 fully saturated rings. The lowest BCUT2D eigenvalue weighted by molar-refractivity contribution is -0.143. The van der Waals surface area contributed by atoms with E-state index in [2.05, 4.69) is 5.32 Å². The molecule has 0 saturated carbocycles. The van der Waals surface area contributed by atoms with E-state index in [0.717, 1.165) is 10.1 Å². The lowest BCUT2D eigenvalue weighted by Gasteiger charge is -2.15. The van der Waals surface area contributed by atoms with Crippen molar-refractivity contribution in [1.82, 2.24) is 0 Å². The highest BCUT2D eigenvalue weighted by Gasteiger charge is 2.37. The molecule has 1 nitrogen and oxygen atoms in total. The van der Waals surface area contributed by atoms with Crippen molar-refractivity contribution in [2.24, 2.45) is 0 Å². The Kier molecular flexibility index (Phi) is 3.95. The number of halogens is 6. The van der Waals surface area contributed by atoms with Crippen LogP contribution in [0.25, 0.3) is 10.1 Å². The van der Waals surface area contributed by atoms with E-state index >= 15 is 0 Å². The zero-order valence-electron chi connectivity index (χ0n) is 11.8. The fourth-order valence-corrected chi connectivity index (χ4v) is 3.15. The van der Waals surface area contributed by atoms with E-state index in [4.69, 9.17) is 0 Å². The van der Waals surface area contributed by atoms with Gasteiger partial charge in [-0.25, -0.2) is 0 Å². The minimum absolute atomic E-state index is 0.108. The number of rotatable bonds is 2. The van der Waals surface area contributed by atoms with Gasteiger partial charge in [-0.1, -0.05) is 18.2 Å². The van der Waals surface area contributed by atoms with Crippen molar-refractivity contribution in [3.05, 3.63) is 59.0 Å². The summed E-state index contributed by atoms with van der Waals surface area (Å²) in [6.07, 6.45) is -9.73. The largest absolute Gasteiger partial charge is 0.416 e. The number of thiophene rings is 1. The highest BCUT2D eigenvalue weighted by Crippen LogP contribution is 2.39. The van der Waals surface area contributed by atoms with Gasteiger partial charge in [-0.2, -0.15) is 26.3 Å². The molecule has 126 valence electrons. The summed E-state index contributed by atoms with van der Waals surface area (Å²) in [5.74, 6) is 0. The van der Waals surface area contributed by atoms with Crippen LogP contribution in [0.3, 0.4) is 0 Å². The Morgan fingerprint density at radius 1 is 0.792 bits per heavy atom. The average Bonchev–Trinajstić information content (AvgIpc) is 2.89. The maximum Gasteiger partial charge on any atom is 0.416 e. The van der Waals surface area contributed by atoms with Gasteiger partial charge in [0.05, 0.1) is 16.8 Å². The van der Waals surface area contributed by atoms with E-state index < -0.39 is 23.5 Å². The topological polar surface area (TPSA) is 12.0 Å². The molecule has 0 bridgehead atoms. The van der Waals surface area contributed by atoms with Crippen LogP contribution < -0.4 is 5.32 Å². The molecular weight excluding hydrogens is 352 g/mol. The van der Waals surface area contributed by atoms with Crippen LogP contribution in [-0.4, -0.2) is 0 Å². The SMILES string of the molecule is FC(F)(F)c1cc(Nc2csc3ccccc23)cc(C(F)(F)F)c1. The number of hydrogen-bond donors (Lipinski definition) is 1. The molecule has 1 heterocycles. The first-order valence-corrected chi connectivity index (χ1v) is 7.55. The van der Waals surface area contributed by atoms with Crippen molar-refractivity contribution < 1.29 is 26.3 Å². The van der Waals surface area contributed by atoms with Gasteiger partial charge in [0.2, 0.25) is 0 Å². The van der Waals surface area contributed by atoms with Crippen molar-refractivity contribution in [3.63, 3.8) is 0 Å². The van der Waals surface area contributed by atoms with Crippen LogP contribution in [0.4, 0.5) is 37.7 Å². The van der Waals surface area contributed by atoms with Gasteiger partial charge in [0, 0.05) is 21.2 Å². The summed E-state index contributed by atoms with van der Waals surface area (Å²) in [6.45, 7) is 0. The molecular formula is C16H9F6NS. The molecule has 2 aromatic carbocycles. The summed E-state index contributed by atoms with van der Waals surface area (Å²) < 4.78 is 78.1. The van der Waals surface area contributed by atoms with E-state index in [0.29, 0.717) is 17.8 Å². The summed E-state index contributed by atoms with van der Waals surface area (Å²) in [5.41, 5.74) is -2.50. The molecule has 0 aliphatic rings. The van der Waals surface area contributed by atoms with Gasteiger partial charge in [-0.05, 0) is 24.3 Å². The lowest BCUT2D eigenvalue weighted by Crippen LogP contribution is -2.11. The molecule has 0 aliphatic carbocycles. The van der Waals surface area contributed by atoms with Gasteiger partial charge in [0.15, 0.2) is 0 Å². The smallest absolute Gasteiger partial charge is 0.354 e. The Hall–Kier alpha value is -2.22. The number of fused-ring (bicyclic) bond motifs is 1. The molecule has 0 amide bonds. The molecule has 3 aromatic rings. The third-order valence-electron chi connectivity index (χ3n) is 3.35. The van der Waals surface area contributed by atoms with Crippen molar-refractivity contribution >= 4 is 32.8 Å². The fraction of sp³-hybridized carbons (Fsp3) is 0.125. The molecule has 0 spiro atoms. The van der Waals surface area contributed by atoms with Crippen LogP contribution in [0.2, 0.25) is 0 Å². The molecule has 0 saturated heterocycles. The predicted octanol–water partition coefficient (Wildman–Crippen LogP) is 6.68. The quantitative estimate of drug-likeness (QED) is 0.502. The molecule has 1 N–H and O–H groups in total. The van der Waals surface area contributed by atoms with E-state index in [1.807, 2.05) is 6.07 Å². The van der Waals surface area contributed by atoms with E-state index in [1.165, 1.54) is 11.3 Å². The zero-order valence-corrected chi connectivity index (χ0v) is 12.6. The van der Waals surface area contributed by atoms with Crippen molar-refractivity contribution in [2.75, 3.05) is 5.32 Å². The molecule has 1 aromatic heterocycles. The number of anilines is 2. The molecule has 8 heteroatoms. The minimum Gasteiger partial charge on any atom is -0.354 e. The zero-order chi connectivity index (χ0) is 17.5. The highest BCUT2D eigenvalue weighted by molar-refractivity contribution is 7.17. The third kappa shape index (κ3) is 3.33. The average molecular weight is 361 g/mol. The van der Waals surface area contributed by atoms with Gasteiger partial charge >= 0.3 is 12.4 Å². The van der Waals surface area contributed by atoms with Crippen LogP contribution >= 0.6 is 11.3 Å². The molecule has 24 heavy (non-hydrogen) atoms. The number of alkyl halides is 6. The highest BCUT2D eigenvalue weighted by atomic mass is 32.1. The van der Waals surface area contributed by atoms with Crippen LogP contribution in [0, 0.1) is 0 Å². The maximum absolute atomic E-state index is 12.9. The number of hydrogen-bond acceptors (Lipinski definition) is 2. The Bertz CT molecular complexity index is 846. The summed E-state index contributed by atoms with van der Waals surface area (Å²) in [4.78, 5) is 0. The second-order valence-corrected chi connectivity index (χ2v) is 5.98. The summed E-state index contributed by atoms with van der Waals surface area (Å²) >= 11 is 1.35. The van der Waals surface area contributed by atoms with Gasteiger partial charge in [0.1, 0.15) is 0 Å². The molecule has 0 unspecified atom stereocenters. The van der Waals surface area contributed by atoms with E-state index in [-0.39, 0.29) is 11.8 Å². The van der Waals surface area contributed by atoms with E-state index in [1.54, 1.807) is 23.6 Å². The van der Waals surface area contributed by atoms with Crippen LogP contribution in [0.5, 0.6) is 0 Å².